The number of H-pyrrole nitrogens is 1. The Morgan fingerprint density at radius 3 is 3.07 bits per heavy atom. The van der Waals surface area contributed by atoms with Gasteiger partial charge in [-0.25, -0.2) is 9.98 Å². The minimum Gasteiger partial charge on any atom is -0.506 e. The molecule has 0 bridgehead atoms. The molecule has 2 rings (SSSR count). The SMILES string of the molecule is Cc1ccc(O)c(N=Cc2ncc[nH]2)c1. The molecule has 1 heterocycles. The van der Waals surface area contributed by atoms with Crippen LogP contribution in [0.5, 0.6) is 5.75 Å². The van der Waals surface area contributed by atoms with Crippen LogP contribution in [0.1, 0.15) is 11.4 Å². The first kappa shape index (κ1) is 9.45. The van der Waals surface area contributed by atoms with Crippen LogP contribution in [0.25, 0.3) is 0 Å². The van der Waals surface area contributed by atoms with Crippen molar-refractivity contribution in [1.29, 1.82) is 0 Å². The summed E-state index contributed by atoms with van der Waals surface area (Å²) in [5.41, 5.74) is 1.60. The monoisotopic (exact) mass is 201 g/mol. The lowest BCUT2D eigenvalue weighted by Gasteiger charge is -1.98. The Hall–Kier alpha value is -2.10. The van der Waals surface area contributed by atoms with Gasteiger partial charge in [0.25, 0.3) is 0 Å². The van der Waals surface area contributed by atoms with E-state index in [1.807, 2.05) is 19.1 Å². The molecule has 76 valence electrons. The number of aryl methyl sites for hydroxylation is 1. The van der Waals surface area contributed by atoms with Crippen LogP contribution >= 0.6 is 0 Å². The molecule has 2 aromatic rings. The molecule has 0 aliphatic rings. The predicted molar refractivity (Wildman–Crippen MR) is 58.7 cm³/mol. The molecular formula is C11H11N3O. The van der Waals surface area contributed by atoms with Crippen molar-refractivity contribution in [3.05, 3.63) is 42.0 Å². The number of hydrogen-bond acceptors (Lipinski definition) is 3. The van der Waals surface area contributed by atoms with Crippen LogP contribution in [0.15, 0.2) is 35.6 Å². The lowest BCUT2D eigenvalue weighted by Crippen LogP contribution is -1.82. The zero-order valence-electron chi connectivity index (χ0n) is 8.31. The zero-order chi connectivity index (χ0) is 10.7. The van der Waals surface area contributed by atoms with Crippen LogP contribution in [-0.4, -0.2) is 21.3 Å². The minimum atomic E-state index is 0.170. The zero-order valence-corrected chi connectivity index (χ0v) is 8.31. The minimum absolute atomic E-state index is 0.170. The van der Waals surface area contributed by atoms with Gasteiger partial charge in [-0.1, -0.05) is 6.07 Å². The summed E-state index contributed by atoms with van der Waals surface area (Å²) in [6, 6.07) is 5.28. The van der Waals surface area contributed by atoms with Gasteiger partial charge in [-0.3, -0.25) is 0 Å². The van der Waals surface area contributed by atoms with Gasteiger partial charge >= 0.3 is 0 Å². The molecule has 0 aliphatic heterocycles. The van der Waals surface area contributed by atoms with Crippen molar-refractivity contribution >= 4 is 11.9 Å². The van der Waals surface area contributed by atoms with Crippen LogP contribution in [-0.2, 0) is 0 Å². The first-order valence-corrected chi connectivity index (χ1v) is 4.59. The summed E-state index contributed by atoms with van der Waals surface area (Å²) in [6.45, 7) is 1.95. The highest BCUT2D eigenvalue weighted by molar-refractivity contribution is 5.78. The summed E-state index contributed by atoms with van der Waals surface area (Å²) in [7, 11) is 0. The summed E-state index contributed by atoms with van der Waals surface area (Å²) < 4.78 is 0. The molecule has 0 radical (unpaired) electrons. The molecule has 0 saturated carbocycles. The van der Waals surface area contributed by atoms with Crippen molar-refractivity contribution in [2.24, 2.45) is 4.99 Å². The number of phenols is 1. The Balaban J connectivity index is 2.27. The van der Waals surface area contributed by atoms with Crippen LogP contribution in [0.4, 0.5) is 5.69 Å². The van der Waals surface area contributed by atoms with Gasteiger partial charge in [0, 0.05) is 12.4 Å². The van der Waals surface area contributed by atoms with Crippen LogP contribution in [0, 0.1) is 6.92 Å². The number of imidazole rings is 1. The number of phenolic OH excluding ortho intramolecular Hbond substituents is 1. The maximum atomic E-state index is 9.52. The van der Waals surface area contributed by atoms with Crippen molar-refractivity contribution < 1.29 is 5.11 Å². The summed E-state index contributed by atoms with van der Waals surface area (Å²) in [5.74, 6) is 0.833. The normalized spacial score (nSPS) is 11.0. The molecule has 0 amide bonds. The fourth-order valence-electron chi connectivity index (χ4n) is 1.22. The molecule has 0 atom stereocenters. The van der Waals surface area contributed by atoms with Gasteiger partial charge in [-0.05, 0) is 24.6 Å². The molecule has 1 aromatic heterocycles. The van der Waals surface area contributed by atoms with Crippen molar-refractivity contribution in [2.45, 2.75) is 6.92 Å². The van der Waals surface area contributed by atoms with Gasteiger partial charge in [-0.15, -0.1) is 0 Å². The van der Waals surface area contributed by atoms with E-state index in [0.717, 1.165) is 5.56 Å². The Morgan fingerprint density at radius 2 is 2.33 bits per heavy atom. The quantitative estimate of drug-likeness (QED) is 0.731. The second-order valence-corrected chi connectivity index (χ2v) is 3.22. The second kappa shape index (κ2) is 3.96. The lowest BCUT2D eigenvalue weighted by molar-refractivity contribution is 0.477. The molecule has 15 heavy (non-hydrogen) atoms. The van der Waals surface area contributed by atoms with Gasteiger partial charge in [0.2, 0.25) is 0 Å². The van der Waals surface area contributed by atoms with E-state index in [9.17, 15) is 5.11 Å². The first-order chi connectivity index (χ1) is 7.25. The molecular weight excluding hydrogens is 190 g/mol. The third-order valence-electron chi connectivity index (χ3n) is 1.98. The highest BCUT2D eigenvalue weighted by Crippen LogP contribution is 2.26. The second-order valence-electron chi connectivity index (χ2n) is 3.22. The number of aliphatic imine (C=N–C) groups is 1. The number of benzene rings is 1. The molecule has 1 aromatic carbocycles. The number of rotatable bonds is 2. The number of hydrogen-bond donors (Lipinski definition) is 2. The molecule has 0 aliphatic carbocycles. The molecule has 4 heteroatoms. The van der Waals surface area contributed by atoms with Crippen molar-refractivity contribution in [3.8, 4) is 5.75 Å². The predicted octanol–water partition coefficient (Wildman–Crippen LogP) is 2.17. The summed E-state index contributed by atoms with van der Waals surface area (Å²) in [4.78, 5) is 11.0. The van der Waals surface area contributed by atoms with E-state index in [1.165, 1.54) is 0 Å². The Kier molecular flexibility index (Phi) is 2.49. The van der Waals surface area contributed by atoms with Gasteiger partial charge in [-0.2, -0.15) is 0 Å². The van der Waals surface area contributed by atoms with E-state index in [-0.39, 0.29) is 5.75 Å². The van der Waals surface area contributed by atoms with Gasteiger partial charge in [0.05, 0.1) is 6.21 Å². The number of nitrogens with one attached hydrogen (secondary N) is 1. The summed E-state index contributed by atoms with van der Waals surface area (Å²) >= 11 is 0. The van der Waals surface area contributed by atoms with E-state index in [0.29, 0.717) is 11.5 Å². The topological polar surface area (TPSA) is 61.3 Å². The average molecular weight is 201 g/mol. The Bertz CT molecular complexity index is 475. The van der Waals surface area contributed by atoms with Gasteiger partial charge < -0.3 is 10.1 Å². The van der Waals surface area contributed by atoms with Gasteiger partial charge in [0.1, 0.15) is 17.3 Å². The first-order valence-electron chi connectivity index (χ1n) is 4.59. The number of aromatic amines is 1. The molecule has 0 spiro atoms. The fourth-order valence-corrected chi connectivity index (χ4v) is 1.22. The highest BCUT2D eigenvalue weighted by atomic mass is 16.3. The third-order valence-corrected chi connectivity index (χ3v) is 1.98. The van der Waals surface area contributed by atoms with E-state index >= 15 is 0 Å². The van der Waals surface area contributed by atoms with Crippen molar-refractivity contribution in [3.63, 3.8) is 0 Å². The molecule has 0 fully saturated rings. The fraction of sp³-hybridized carbons (Fsp3) is 0.0909. The standard InChI is InChI=1S/C11H11N3O/c1-8-2-3-10(15)9(6-8)14-7-11-12-4-5-13-11/h2-7,15H,1H3,(H,12,13). The van der Waals surface area contributed by atoms with E-state index in [4.69, 9.17) is 0 Å². The third kappa shape index (κ3) is 2.22. The smallest absolute Gasteiger partial charge is 0.148 e. The Morgan fingerprint density at radius 1 is 1.47 bits per heavy atom. The van der Waals surface area contributed by atoms with Crippen LogP contribution in [0.2, 0.25) is 0 Å². The highest BCUT2D eigenvalue weighted by Gasteiger charge is 1.98. The average Bonchev–Trinajstić information content (AvgIpc) is 2.72. The summed E-state index contributed by atoms with van der Waals surface area (Å²) in [6.07, 6.45) is 4.95. The van der Waals surface area contributed by atoms with Crippen molar-refractivity contribution in [2.75, 3.05) is 0 Å². The Labute approximate surface area is 87.3 Å². The van der Waals surface area contributed by atoms with Gasteiger partial charge in [0.15, 0.2) is 0 Å². The summed E-state index contributed by atoms with van der Waals surface area (Å²) in [5, 5.41) is 9.52. The van der Waals surface area contributed by atoms with Crippen molar-refractivity contribution in [1.82, 2.24) is 9.97 Å². The van der Waals surface area contributed by atoms with E-state index < -0.39 is 0 Å². The molecule has 2 N–H and O–H groups in total. The number of aromatic nitrogens is 2. The maximum Gasteiger partial charge on any atom is 0.148 e. The van der Waals surface area contributed by atoms with Crippen LogP contribution in [0.3, 0.4) is 0 Å². The van der Waals surface area contributed by atoms with E-state index in [1.54, 1.807) is 24.7 Å². The largest absolute Gasteiger partial charge is 0.506 e. The molecule has 0 unspecified atom stereocenters. The number of aromatic hydroxyl groups is 1. The lowest BCUT2D eigenvalue weighted by atomic mass is 10.2. The number of nitrogens with zero attached hydrogens (tertiary/aromatic N) is 2. The molecule has 0 saturated heterocycles. The van der Waals surface area contributed by atoms with Crippen LogP contribution < -0.4 is 0 Å². The van der Waals surface area contributed by atoms with E-state index in [2.05, 4.69) is 15.0 Å². The molecule has 4 nitrogen and oxygen atoms in total. The maximum absolute atomic E-state index is 9.52.